The summed E-state index contributed by atoms with van der Waals surface area (Å²) in [6.45, 7) is 3.35. The van der Waals surface area contributed by atoms with E-state index in [0.29, 0.717) is 17.1 Å². The molecule has 0 spiro atoms. The van der Waals surface area contributed by atoms with Crippen molar-refractivity contribution in [2.75, 3.05) is 13.1 Å². The zero-order valence-electron chi connectivity index (χ0n) is 10.6. The summed E-state index contributed by atoms with van der Waals surface area (Å²) in [5, 5.41) is 3.65. The molecule has 7 heteroatoms. The van der Waals surface area contributed by atoms with Gasteiger partial charge in [0.2, 0.25) is 10.0 Å². The van der Waals surface area contributed by atoms with Crippen molar-refractivity contribution in [1.29, 1.82) is 0 Å². The number of rotatable bonds is 3. The minimum absolute atomic E-state index is 0. The van der Waals surface area contributed by atoms with Crippen molar-refractivity contribution in [3.63, 3.8) is 0 Å². The zero-order chi connectivity index (χ0) is 13.2. The van der Waals surface area contributed by atoms with E-state index in [-0.39, 0.29) is 23.3 Å². The van der Waals surface area contributed by atoms with Gasteiger partial charge in [0, 0.05) is 17.6 Å². The molecule has 1 saturated heterocycles. The lowest BCUT2D eigenvalue weighted by atomic mass is 10.1. The van der Waals surface area contributed by atoms with Crippen molar-refractivity contribution in [3.05, 3.63) is 28.8 Å². The van der Waals surface area contributed by atoms with Gasteiger partial charge in [0.25, 0.3) is 0 Å². The summed E-state index contributed by atoms with van der Waals surface area (Å²) in [5.74, 6) is 0. The van der Waals surface area contributed by atoms with Gasteiger partial charge in [-0.3, -0.25) is 0 Å². The molecule has 19 heavy (non-hydrogen) atoms. The number of halogens is 2. The molecular weight excluding hydrogens is 307 g/mol. The van der Waals surface area contributed by atoms with Gasteiger partial charge < -0.3 is 5.32 Å². The third kappa shape index (κ3) is 4.07. The highest BCUT2D eigenvalue weighted by atomic mass is 35.5. The molecule has 0 bridgehead atoms. The molecule has 0 radical (unpaired) electrons. The van der Waals surface area contributed by atoms with Crippen molar-refractivity contribution in [2.45, 2.75) is 30.7 Å². The van der Waals surface area contributed by atoms with Gasteiger partial charge in [-0.25, -0.2) is 13.1 Å². The van der Waals surface area contributed by atoms with Crippen LogP contribution in [0.3, 0.4) is 0 Å². The fourth-order valence-corrected chi connectivity index (χ4v) is 3.88. The topological polar surface area (TPSA) is 58.2 Å². The van der Waals surface area contributed by atoms with Gasteiger partial charge in [-0.1, -0.05) is 17.7 Å². The van der Waals surface area contributed by atoms with E-state index in [1.165, 1.54) is 0 Å². The Hall–Kier alpha value is -0.330. The Labute approximate surface area is 125 Å². The van der Waals surface area contributed by atoms with E-state index in [0.717, 1.165) is 19.4 Å². The minimum Gasteiger partial charge on any atom is -0.315 e. The average molecular weight is 325 g/mol. The second kappa shape index (κ2) is 6.90. The summed E-state index contributed by atoms with van der Waals surface area (Å²) in [6, 6.07) is 4.89. The molecule has 1 unspecified atom stereocenters. The van der Waals surface area contributed by atoms with Crippen LogP contribution in [0.2, 0.25) is 5.02 Å². The number of hydrogen-bond donors (Lipinski definition) is 2. The molecule has 1 atom stereocenters. The van der Waals surface area contributed by atoms with Crippen molar-refractivity contribution in [1.82, 2.24) is 10.0 Å². The van der Waals surface area contributed by atoms with Crippen molar-refractivity contribution in [3.8, 4) is 0 Å². The number of piperidine rings is 1. The van der Waals surface area contributed by atoms with Gasteiger partial charge in [-0.05, 0) is 44.0 Å². The lowest BCUT2D eigenvalue weighted by molar-refractivity contribution is 0.428. The van der Waals surface area contributed by atoms with E-state index in [2.05, 4.69) is 10.0 Å². The number of hydrogen-bond acceptors (Lipinski definition) is 3. The molecule has 1 aliphatic heterocycles. The Morgan fingerprint density at radius 1 is 1.42 bits per heavy atom. The molecule has 2 rings (SSSR count). The molecule has 0 amide bonds. The summed E-state index contributed by atoms with van der Waals surface area (Å²) >= 11 is 5.96. The standard InChI is InChI=1S/C12H17ClN2O2S.ClH/c1-9-11(13)5-2-6-12(9)18(16,17)15-10-4-3-7-14-8-10;/h2,5-6,10,14-15H,3-4,7-8H2,1H3;1H. The summed E-state index contributed by atoms with van der Waals surface area (Å²) in [5.41, 5.74) is 0.593. The SMILES string of the molecule is Cc1c(Cl)cccc1S(=O)(=O)NC1CCCNC1.Cl. The normalized spacial score (nSPS) is 19.8. The molecule has 1 fully saturated rings. The highest BCUT2D eigenvalue weighted by Crippen LogP contribution is 2.23. The molecule has 1 aromatic carbocycles. The van der Waals surface area contributed by atoms with Crippen LogP contribution >= 0.6 is 24.0 Å². The zero-order valence-corrected chi connectivity index (χ0v) is 13.0. The second-order valence-corrected chi connectivity index (χ2v) is 6.62. The lowest BCUT2D eigenvalue weighted by Gasteiger charge is -2.24. The maximum absolute atomic E-state index is 12.3. The Morgan fingerprint density at radius 2 is 2.16 bits per heavy atom. The first-order valence-electron chi connectivity index (χ1n) is 5.99. The minimum atomic E-state index is -3.49. The summed E-state index contributed by atoms with van der Waals surface area (Å²) in [7, 11) is -3.49. The molecule has 0 saturated carbocycles. The lowest BCUT2D eigenvalue weighted by Crippen LogP contribution is -2.45. The maximum atomic E-state index is 12.3. The Morgan fingerprint density at radius 3 is 2.79 bits per heavy atom. The Balaban J connectivity index is 0.00000180. The van der Waals surface area contributed by atoms with Crippen molar-refractivity contribution in [2.24, 2.45) is 0 Å². The quantitative estimate of drug-likeness (QED) is 0.895. The summed E-state index contributed by atoms with van der Waals surface area (Å²) in [4.78, 5) is 0.264. The number of benzene rings is 1. The number of sulfonamides is 1. The van der Waals surface area contributed by atoms with Crippen molar-refractivity contribution < 1.29 is 8.42 Å². The van der Waals surface area contributed by atoms with E-state index in [1.807, 2.05) is 0 Å². The molecule has 108 valence electrons. The summed E-state index contributed by atoms with van der Waals surface area (Å²) < 4.78 is 27.3. The first-order valence-corrected chi connectivity index (χ1v) is 7.85. The Bertz CT molecular complexity index is 529. The first kappa shape index (κ1) is 16.7. The molecule has 0 aromatic heterocycles. The maximum Gasteiger partial charge on any atom is 0.241 e. The smallest absolute Gasteiger partial charge is 0.241 e. The predicted octanol–water partition coefficient (Wildman–Crippen LogP) is 2.10. The van der Waals surface area contributed by atoms with Gasteiger partial charge in [-0.2, -0.15) is 0 Å². The monoisotopic (exact) mass is 324 g/mol. The number of nitrogens with one attached hydrogen (secondary N) is 2. The van der Waals surface area contributed by atoms with Crippen LogP contribution in [0.1, 0.15) is 18.4 Å². The molecular formula is C12H18Cl2N2O2S. The van der Waals surface area contributed by atoms with Crippen LogP contribution in [0.5, 0.6) is 0 Å². The van der Waals surface area contributed by atoms with Crippen molar-refractivity contribution >= 4 is 34.0 Å². The van der Waals surface area contributed by atoms with Gasteiger partial charge in [-0.15, -0.1) is 12.4 Å². The molecule has 1 aromatic rings. The van der Waals surface area contributed by atoms with Crippen LogP contribution in [0.25, 0.3) is 0 Å². The second-order valence-electron chi connectivity index (χ2n) is 4.53. The molecule has 0 aliphatic carbocycles. The van der Waals surface area contributed by atoms with Crippen LogP contribution in [0, 0.1) is 6.92 Å². The third-order valence-corrected chi connectivity index (χ3v) is 5.20. The van der Waals surface area contributed by atoms with E-state index in [4.69, 9.17) is 11.6 Å². The average Bonchev–Trinajstić information content (AvgIpc) is 2.33. The fourth-order valence-electron chi connectivity index (χ4n) is 2.11. The van der Waals surface area contributed by atoms with Gasteiger partial charge in [0.05, 0.1) is 4.90 Å². The predicted molar refractivity (Wildman–Crippen MR) is 79.7 cm³/mol. The molecule has 1 heterocycles. The largest absolute Gasteiger partial charge is 0.315 e. The third-order valence-electron chi connectivity index (χ3n) is 3.13. The van der Waals surface area contributed by atoms with E-state index >= 15 is 0 Å². The van der Waals surface area contributed by atoms with Crippen LogP contribution in [-0.4, -0.2) is 27.5 Å². The highest BCUT2D eigenvalue weighted by Gasteiger charge is 2.23. The van der Waals surface area contributed by atoms with Gasteiger partial charge >= 0.3 is 0 Å². The van der Waals surface area contributed by atoms with Crippen LogP contribution in [0.15, 0.2) is 23.1 Å². The molecule has 4 nitrogen and oxygen atoms in total. The van der Waals surface area contributed by atoms with Gasteiger partial charge in [0.15, 0.2) is 0 Å². The summed E-state index contributed by atoms with van der Waals surface area (Å²) in [6.07, 6.45) is 1.85. The molecule has 2 N–H and O–H groups in total. The Kier molecular flexibility index (Phi) is 6.08. The van der Waals surface area contributed by atoms with Crippen LogP contribution in [0.4, 0.5) is 0 Å². The van der Waals surface area contributed by atoms with E-state index in [9.17, 15) is 8.42 Å². The first-order chi connectivity index (χ1) is 8.50. The van der Waals surface area contributed by atoms with Crippen LogP contribution < -0.4 is 10.0 Å². The van der Waals surface area contributed by atoms with E-state index < -0.39 is 10.0 Å². The van der Waals surface area contributed by atoms with Gasteiger partial charge in [0.1, 0.15) is 0 Å². The van der Waals surface area contributed by atoms with E-state index in [1.54, 1.807) is 25.1 Å². The van der Waals surface area contributed by atoms with Crippen LogP contribution in [-0.2, 0) is 10.0 Å². The fraction of sp³-hybridized carbons (Fsp3) is 0.500. The highest BCUT2D eigenvalue weighted by molar-refractivity contribution is 7.89. The molecule has 1 aliphatic rings.